The van der Waals surface area contributed by atoms with E-state index in [-0.39, 0.29) is 11.9 Å². The topological polar surface area (TPSA) is 34.0 Å². The Bertz CT molecular complexity index is 763. The summed E-state index contributed by atoms with van der Waals surface area (Å²) < 4.78 is 1.96. The van der Waals surface area contributed by atoms with E-state index in [9.17, 15) is 4.79 Å². The number of rotatable bonds is 5. The van der Waals surface area contributed by atoms with Crippen LogP contribution in [-0.4, -0.2) is 10.5 Å². The summed E-state index contributed by atoms with van der Waals surface area (Å²) in [7, 11) is 0. The van der Waals surface area contributed by atoms with Gasteiger partial charge in [-0.3, -0.25) is 4.79 Å². The molecule has 1 heterocycles. The Morgan fingerprint density at radius 2 is 1.61 bits per heavy atom. The zero-order chi connectivity index (χ0) is 16.1. The maximum atomic E-state index is 12.8. The fourth-order valence-corrected chi connectivity index (χ4v) is 2.66. The van der Waals surface area contributed by atoms with Gasteiger partial charge in [0.15, 0.2) is 0 Å². The third-order valence-electron chi connectivity index (χ3n) is 3.96. The van der Waals surface area contributed by atoms with E-state index in [1.807, 2.05) is 78.5 Å². The van der Waals surface area contributed by atoms with Crippen LogP contribution in [0.3, 0.4) is 0 Å². The Kier molecular flexibility index (Phi) is 4.57. The molecule has 116 valence electrons. The molecule has 3 nitrogen and oxygen atoms in total. The number of anilines is 1. The SMILES string of the molecule is Cc1ccccc1NC(=O)[C@H](Cc1ccccc1)n1cccc1. The van der Waals surface area contributed by atoms with E-state index >= 15 is 0 Å². The molecule has 0 spiro atoms. The Morgan fingerprint density at radius 3 is 2.30 bits per heavy atom. The highest BCUT2D eigenvalue weighted by Crippen LogP contribution is 2.19. The number of aromatic nitrogens is 1. The molecule has 1 atom stereocenters. The number of hydrogen-bond acceptors (Lipinski definition) is 1. The lowest BCUT2D eigenvalue weighted by atomic mass is 10.0. The van der Waals surface area contributed by atoms with Crippen LogP contribution < -0.4 is 5.32 Å². The largest absolute Gasteiger partial charge is 0.342 e. The molecule has 0 saturated heterocycles. The van der Waals surface area contributed by atoms with E-state index in [2.05, 4.69) is 17.4 Å². The second-order valence-electron chi connectivity index (χ2n) is 5.64. The fraction of sp³-hybridized carbons (Fsp3) is 0.150. The lowest BCUT2D eigenvalue weighted by Gasteiger charge is -2.19. The van der Waals surface area contributed by atoms with Crippen LogP contribution in [0.4, 0.5) is 5.69 Å². The highest BCUT2D eigenvalue weighted by atomic mass is 16.2. The van der Waals surface area contributed by atoms with Crippen molar-refractivity contribution in [3.05, 3.63) is 90.3 Å². The van der Waals surface area contributed by atoms with Crippen molar-refractivity contribution in [2.24, 2.45) is 0 Å². The van der Waals surface area contributed by atoms with Crippen molar-refractivity contribution in [1.29, 1.82) is 0 Å². The minimum Gasteiger partial charge on any atom is -0.342 e. The van der Waals surface area contributed by atoms with Crippen molar-refractivity contribution in [1.82, 2.24) is 4.57 Å². The Hall–Kier alpha value is -2.81. The van der Waals surface area contributed by atoms with Crippen molar-refractivity contribution in [2.75, 3.05) is 5.32 Å². The smallest absolute Gasteiger partial charge is 0.247 e. The molecule has 1 aromatic heterocycles. The Balaban J connectivity index is 1.83. The molecule has 0 aliphatic rings. The van der Waals surface area contributed by atoms with Gasteiger partial charge in [0.25, 0.3) is 0 Å². The number of carbonyl (C=O) groups excluding carboxylic acids is 1. The lowest BCUT2D eigenvalue weighted by molar-refractivity contribution is -0.119. The summed E-state index contributed by atoms with van der Waals surface area (Å²) in [4.78, 5) is 12.8. The van der Waals surface area contributed by atoms with Gasteiger partial charge in [0.1, 0.15) is 6.04 Å². The van der Waals surface area contributed by atoms with Crippen molar-refractivity contribution < 1.29 is 4.79 Å². The molecule has 0 unspecified atom stereocenters. The first-order valence-corrected chi connectivity index (χ1v) is 7.77. The second kappa shape index (κ2) is 6.97. The lowest BCUT2D eigenvalue weighted by Crippen LogP contribution is -2.27. The van der Waals surface area contributed by atoms with Crippen LogP contribution in [0.1, 0.15) is 17.2 Å². The standard InChI is InChI=1S/C20H20N2O/c1-16-9-5-6-12-18(16)21-20(23)19(22-13-7-8-14-22)15-17-10-3-2-4-11-17/h2-14,19H,15H2,1H3,(H,21,23)/t19-/m0/s1. The number of carbonyl (C=O) groups is 1. The molecular weight excluding hydrogens is 284 g/mol. The molecular formula is C20H20N2O. The van der Waals surface area contributed by atoms with Crippen LogP contribution in [0.2, 0.25) is 0 Å². The minimum absolute atomic E-state index is 0.000599. The van der Waals surface area contributed by atoms with Gasteiger partial charge >= 0.3 is 0 Å². The maximum Gasteiger partial charge on any atom is 0.247 e. The summed E-state index contributed by atoms with van der Waals surface area (Å²) in [6.07, 6.45) is 4.53. The summed E-state index contributed by atoms with van der Waals surface area (Å²) in [5.74, 6) is -0.000599. The van der Waals surface area contributed by atoms with Gasteiger partial charge in [0, 0.05) is 24.5 Å². The number of amides is 1. The molecule has 2 aromatic carbocycles. The summed E-state index contributed by atoms with van der Waals surface area (Å²) >= 11 is 0. The van der Waals surface area contributed by atoms with Gasteiger partial charge in [-0.1, -0.05) is 48.5 Å². The molecule has 1 N–H and O–H groups in total. The predicted octanol–water partition coefficient (Wildman–Crippen LogP) is 4.22. The first kappa shape index (κ1) is 15.1. The van der Waals surface area contributed by atoms with Crippen LogP contribution in [0, 0.1) is 6.92 Å². The first-order chi connectivity index (χ1) is 11.2. The number of benzene rings is 2. The second-order valence-corrected chi connectivity index (χ2v) is 5.64. The zero-order valence-corrected chi connectivity index (χ0v) is 13.1. The van der Waals surface area contributed by atoms with E-state index in [1.165, 1.54) is 0 Å². The molecule has 23 heavy (non-hydrogen) atoms. The summed E-state index contributed by atoms with van der Waals surface area (Å²) in [5, 5.41) is 3.06. The van der Waals surface area contributed by atoms with Gasteiger partial charge in [0.2, 0.25) is 5.91 Å². The van der Waals surface area contributed by atoms with Gasteiger partial charge in [-0.05, 0) is 36.2 Å². The van der Waals surface area contributed by atoms with Crippen LogP contribution in [0.15, 0.2) is 79.1 Å². The number of aryl methyl sites for hydroxylation is 1. The van der Waals surface area contributed by atoms with E-state index in [1.54, 1.807) is 0 Å². The van der Waals surface area contributed by atoms with Gasteiger partial charge in [-0.2, -0.15) is 0 Å². The molecule has 0 fully saturated rings. The van der Waals surface area contributed by atoms with Crippen molar-refractivity contribution in [2.45, 2.75) is 19.4 Å². The highest BCUT2D eigenvalue weighted by Gasteiger charge is 2.20. The van der Waals surface area contributed by atoms with Gasteiger partial charge < -0.3 is 9.88 Å². The fourth-order valence-electron chi connectivity index (χ4n) is 2.66. The predicted molar refractivity (Wildman–Crippen MR) is 93.4 cm³/mol. The van der Waals surface area contributed by atoms with Crippen LogP contribution in [0.25, 0.3) is 0 Å². The average molecular weight is 304 g/mol. The van der Waals surface area contributed by atoms with E-state index in [0.717, 1.165) is 16.8 Å². The molecule has 0 radical (unpaired) electrons. The van der Waals surface area contributed by atoms with Gasteiger partial charge in [-0.25, -0.2) is 0 Å². The van der Waals surface area contributed by atoms with Crippen LogP contribution >= 0.6 is 0 Å². The van der Waals surface area contributed by atoms with E-state index in [0.29, 0.717) is 6.42 Å². The molecule has 3 heteroatoms. The zero-order valence-electron chi connectivity index (χ0n) is 13.1. The van der Waals surface area contributed by atoms with Crippen LogP contribution in [0.5, 0.6) is 0 Å². The van der Waals surface area contributed by atoms with E-state index < -0.39 is 0 Å². The molecule has 1 amide bonds. The monoisotopic (exact) mass is 304 g/mol. The molecule has 0 aliphatic carbocycles. The normalized spacial score (nSPS) is 11.9. The molecule has 0 bridgehead atoms. The third-order valence-corrected chi connectivity index (χ3v) is 3.96. The van der Waals surface area contributed by atoms with Gasteiger partial charge in [0.05, 0.1) is 0 Å². The van der Waals surface area contributed by atoms with Crippen molar-refractivity contribution in [3.63, 3.8) is 0 Å². The molecule has 0 aliphatic heterocycles. The summed E-state index contributed by atoms with van der Waals surface area (Å²) in [6, 6.07) is 21.5. The summed E-state index contributed by atoms with van der Waals surface area (Å²) in [6.45, 7) is 2.00. The third kappa shape index (κ3) is 3.69. The quantitative estimate of drug-likeness (QED) is 0.752. The van der Waals surface area contributed by atoms with Crippen LogP contribution in [-0.2, 0) is 11.2 Å². The van der Waals surface area contributed by atoms with E-state index in [4.69, 9.17) is 0 Å². The molecule has 3 aromatic rings. The number of nitrogens with one attached hydrogen (secondary N) is 1. The Morgan fingerprint density at radius 1 is 0.957 bits per heavy atom. The number of hydrogen-bond donors (Lipinski definition) is 1. The minimum atomic E-state index is -0.271. The first-order valence-electron chi connectivity index (χ1n) is 7.77. The number of nitrogens with zero attached hydrogens (tertiary/aromatic N) is 1. The molecule has 0 saturated carbocycles. The number of para-hydroxylation sites is 1. The highest BCUT2D eigenvalue weighted by molar-refractivity contribution is 5.94. The van der Waals surface area contributed by atoms with Gasteiger partial charge in [-0.15, -0.1) is 0 Å². The Labute approximate surface area is 136 Å². The molecule has 3 rings (SSSR count). The maximum absolute atomic E-state index is 12.8. The average Bonchev–Trinajstić information content (AvgIpc) is 3.10. The van der Waals surface area contributed by atoms with Crippen molar-refractivity contribution >= 4 is 11.6 Å². The van der Waals surface area contributed by atoms with Crippen molar-refractivity contribution in [3.8, 4) is 0 Å². The summed E-state index contributed by atoms with van der Waals surface area (Å²) in [5.41, 5.74) is 3.07.